The van der Waals surface area contributed by atoms with E-state index in [2.05, 4.69) is 24.5 Å². The van der Waals surface area contributed by atoms with Crippen molar-refractivity contribution >= 4 is 17.5 Å². The summed E-state index contributed by atoms with van der Waals surface area (Å²) >= 11 is 0. The summed E-state index contributed by atoms with van der Waals surface area (Å²) in [5.41, 5.74) is 1.27. The molecule has 1 aromatic carbocycles. The molecule has 1 aromatic rings. The molecule has 0 aliphatic carbocycles. The molecule has 0 aromatic heterocycles. The molecule has 21 heavy (non-hydrogen) atoms. The van der Waals surface area contributed by atoms with Crippen molar-refractivity contribution < 1.29 is 9.59 Å². The third-order valence-electron chi connectivity index (χ3n) is 3.99. The molecule has 0 radical (unpaired) electrons. The smallest absolute Gasteiger partial charge is 0.251 e. The fourth-order valence-corrected chi connectivity index (χ4v) is 2.68. The number of imide groups is 1. The molecule has 2 rings (SSSR count). The van der Waals surface area contributed by atoms with Crippen LogP contribution in [0, 0.1) is 0 Å². The number of hydrogen-bond acceptors (Lipinski definition) is 4. The second-order valence-electron chi connectivity index (χ2n) is 5.86. The largest absolute Gasteiger partial charge is 0.348 e. The highest BCUT2D eigenvalue weighted by Crippen LogP contribution is 2.32. The fraction of sp³-hybridized carbons (Fsp3) is 0.500. The summed E-state index contributed by atoms with van der Waals surface area (Å²) in [6.07, 6.45) is 0. The van der Waals surface area contributed by atoms with E-state index in [1.54, 1.807) is 0 Å². The van der Waals surface area contributed by atoms with E-state index in [4.69, 9.17) is 0 Å². The van der Waals surface area contributed by atoms with Gasteiger partial charge in [0.15, 0.2) is 0 Å². The van der Waals surface area contributed by atoms with Crippen LogP contribution in [-0.4, -0.2) is 30.4 Å². The Hall–Kier alpha value is -1.88. The van der Waals surface area contributed by atoms with E-state index < -0.39 is 5.54 Å². The van der Waals surface area contributed by atoms with Crippen molar-refractivity contribution in [2.45, 2.75) is 39.3 Å². The summed E-state index contributed by atoms with van der Waals surface area (Å²) < 4.78 is 0. The lowest BCUT2D eigenvalue weighted by Gasteiger charge is -2.43. The van der Waals surface area contributed by atoms with Gasteiger partial charge in [-0.1, -0.05) is 25.1 Å². The van der Waals surface area contributed by atoms with Crippen molar-refractivity contribution in [3.63, 3.8) is 0 Å². The number of carbonyl (C=O) groups excluding carboxylic acids is 2. The molecule has 114 valence electrons. The van der Waals surface area contributed by atoms with Crippen LogP contribution in [0.5, 0.6) is 0 Å². The Morgan fingerprint density at radius 2 is 2.00 bits per heavy atom. The van der Waals surface area contributed by atoms with Crippen LogP contribution in [0.15, 0.2) is 24.3 Å². The van der Waals surface area contributed by atoms with Crippen LogP contribution in [0.3, 0.4) is 0 Å². The minimum Gasteiger partial charge on any atom is -0.348 e. The van der Waals surface area contributed by atoms with E-state index in [0.29, 0.717) is 0 Å². The average molecular weight is 289 g/mol. The first-order valence-corrected chi connectivity index (χ1v) is 7.32. The minimum absolute atomic E-state index is 0.155. The predicted octanol–water partition coefficient (Wildman–Crippen LogP) is 1.60. The van der Waals surface area contributed by atoms with Crippen LogP contribution >= 0.6 is 0 Å². The molecule has 2 amide bonds. The van der Waals surface area contributed by atoms with Crippen LogP contribution in [0.25, 0.3) is 0 Å². The zero-order valence-corrected chi connectivity index (χ0v) is 13.1. The molecule has 1 atom stereocenters. The van der Waals surface area contributed by atoms with Crippen LogP contribution in [0.2, 0.25) is 0 Å². The highest BCUT2D eigenvalue weighted by Gasteiger charge is 2.41. The average Bonchev–Trinajstić information content (AvgIpc) is 2.43. The van der Waals surface area contributed by atoms with Gasteiger partial charge in [0.25, 0.3) is 5.91 Å². The molecule has 2 N–H and O–H groups in total. The van der Waals surface area contributed by atoms with E-state index >= 15 is 0 Å². The molecule has 1 heterocycles. The van der Waals surface area contributed by atoms with E-state index in [1.807, 2.05) is 43.0 Å². The monoisotopic (exact) mass is 289 g/mol. The van der Waals surface area contributed by atoms with Gasteiger partial charge in [0, 0.05) is 11.7 Å². The molecule has 5 nitrogen and oxygen atoms in total. The van der Waals surface area contributed by atoms with Crippen LogP contribution < -0.4 is 15.5 Å². The predicted molar refractivity (Wildman–Crippen MR) is 83.1 cm³/mol. The third kappa shape index (κ3) is 2.93. The molecular formula is C16H23N3O2. The first-order valence-electron chi connectivity index (χ1n) is 7.32. The molecule has 1 fully saturated rings. The molecule has 1 unspecified atom stereocenters. The quantitative estimate of drug-likeness (QED) is 0.827. The van der Waals surface area contributed by atoms with Crippen molar-refractivity contribution in [3.05, 3.63) is 29.8 Å². The number of hydrogen-bond donors (Lipinski definition) is 2. The number of nitrogens with zero attached hydrogens (tertiary/aromatic N) is 1. The van der Waals surface area contributed by atoms with Gasteiger partial charge in [-0.3, -0.25) is 14.9 Å². The lowest BCUT2D eigenvalue weighted by Crippen LogP contribution is -2.64. The second-order valence-corrected chi connectivity index (χ2v) is 5.86. The van der Waals surface area contributed by atoms with Gasteiger partial charge < -0.3 is 10.2 Å². The summed E-state index contributed by atoms with van der Waals surface area (Å²) in [5.74, 6) is -0.519. The number of anilines is 1. The number of piperazine rings is 1. The molecule has 0 saturated carbocycles. The Kier molecular flexibility index (Phi) is 4.32. The Labute approximate surface area is 125 Å². The number of amides is 2. The summed E-state index contributed by atoms with van der Waals surface area (Å²) in [6, 6.07) is 8.07. The third-order valence-corrected chi connectivity index (χ3v) is 3.99. The van der Waals surface area contributed by atoms with E-state index in [9.17, 15) is 9.59 Å². The van der Waals surface area contributed by atoms with Crippen molar-refractivity contribution in [3.8, 4) is 0 Å². The van der Waals surface area contributed by atoms with Gasteiger partial charge in [0.05, 0.1) is 6.54 Å². The Balaban J connectivity index is 2.45. The first kappa shape index (κ1) is 15.5. The first-order chi connectivity index (χ1) is 9.87. The molecule has 0 spiro atoms. The maximum Gasteiger partial charge on any atom is 0.251 e. The topological polar surface area (TPSA) is 61.4 Å². The van der Waals surface area contributed by atoms with Gasteiger partial charge in [-0.25, -0.2) is 0 Å². The Morgan fingerprint density at radius 1 is 1.33 bits per heavy atom. The standard InChI is InChI=1S/C16H23N3O2/c1-5-17-11(2)12-8-6-7-9-13(12)19-10-14(20)18-15(21)16(19,3)4/h6-9,11,17H,5,10H2,1-4H3,(H,18,20,21). The Morgan fingerprint density at radius 3 is 2.67 bits per heavy atom. The zero-order valence-electron chi connectivity index (χ0n) is 13.1. The fourth-order valence-electron chi connectivity index (χ4n) is 2.68. The van der Waals surface area contributed by atoms with Crippen LogP contribution in [-0.2, 0) is 9.59 Å². The van der Waals surface area contributed by atoms with Crippen LogP contribution in [0.4, 0.5) is 5.69 Å². The number of nitrogens with one attached hydrogen (secondary N) is 2. The van der Waals surface area contributed by atoms with Gasteiger partial charge >= 0.3 is 0 Å². The molecule has 1 saturated heterocycles. The minimum atomic E-state index is -0.754. The van der Waals surface area contributed by atoms with E-state index in [0.717, 1.165) is 17.8 Å². The molecule has 1 aliphatic heterocycles. The van der Waals surface area contributed by atoms with Gasteiger partial charge in [0.1, 0.15) is 5.54 Å². The Bertz CT molecular complexity index is 554. The number of para-hydroxylation sites is 1. The summed E-state index contributed by atoms with van der Waals surface area (Å²) in [7, 11) is 0. The van der Waals surface area contributed by atoms with Crippen molar-refractivity contribution in [1.29, 1.82) is 0 Å². The molecule has 1 aliphatic rings. The van der Waals surface area contributed by atoms with Crippen molar-refractivity contribution in [2.24, 2.45) is 0 Å². The lowest BCUT2D eigenvalue weighted by molar-refractivity contribution is -0.135. The number of carbonyl (C=O) groups is 2. The van der Waals surface area contributed by atoms with E-state index in [1.165, 1.54) is 0 Å². The highest BCUT2D eigenvalue weighted by atomic mass is 16.2. The summed E-state index contributed by atoms with van der Waals surface area (Å²) in [6.45, 7) is 8.86. The molecular weight excluding hydrogens is 266 g/mol. The van der Waals surface area contributed by atoms with Gasteiger partial charge in [-0.2, -0.15) is 0 Å². The van der Waals surface area contributed by atoms with Crippen LogP contribution in [0.1, 0.15) is 39.3 Å². The molecule has 0 bridgehead atoms. The van der Waals surface area contributed by atoms with Gasteiger partial charge in [0.2, 0.25) is 5.91 Å². The summed E-state index contributed by atoms with van der Waals surface area (Å²) in [5, 5.41) is 5.79. The second kappa shape index (κ2) is 5.85. The summed E-state index contributed by atoms with van der Waals surface area (Å²) in [4.78, 5) is 25.8. The maximum atomic E-state index is 12.1. The van der Waals surface area contributed by atoms with Crippen molar-refractivity contribution in [1.82, 2.24) is 10.6 Å². The normalized spacial score (nSPS) is 19.3. The number of benzene rings is 1. The highest BCUT2D eigenvalue weighted by molar-refractivity contribution is 6.06. The van der Waals surface area contributed by atoms with Gasteiger partial charge in [-0.15, -0.1) is 0 Å². The molecule has 5 heteroatoms. The SMILES string of the molecule is CCNC(C)c1ccccc1N1CC(=O)NC(=O)C1(C)C. The van der Waals surface area contributed by atoms with Crippen molar-refractivity contribution in [2.75, 3.05) is 18.0 Å². The number of rotatable bonds is 4. The zero-order chi connectivity index (χ0) is 15.6. The maximum absolute atomic E-state index is 12.1. The van der Waals surface area contributed by atoms with E-state index in [-0.39, 0.29) is 24.4 Å². The lowest BCUT2D eigenvalue weighted by atomic mass is 9.95. The van der Waals surface area contributed by atoms with Gasteiger partial charge in [-0.05, 0) is 38.9 Å².